The Bertz CT molecular complexity index is 586. The van der Waals surface area contributed by atoms with Crippen molar-refractivity contribution >= 4 is 21.8 Å². The maximum atomic E-state index is 13.3. The second-order valence-electron chi connectivity index (χ2n) is 4.13. The molecule has 0 radical (unpaired) electrons. The van der Waals surface area contributed by atoms with Gasteiger partial charge in [0.15, 0.2) is 6.10 Å². The number of carbonyl (C=O) groups is 1. The molecule has 4 nitrogen and oxygen atoms in total. The van der Waals surface area contributed by atoms with Crippen molar-refractivity contribution in [2.75, 3.05) is 0 Å². The molecule has 0 aliphatic rings. The Labute approximate surface area is 124 Å². The van der Waals surface area contributed by atoms with Crippen LogP contribution >= 0.6 is 15.9 Å². The molecule has 2 rings (SSSR count). The third-order valence-electron chi connectivity index (χ3n) is 2.59. The van der Waals surface area contributed by atoms with Gasteiger partial charge in [0.1, 0.15) is 17.3 Å². The first kappa shape index (κ1) is 14.6. The van der Waals surface area contributed by atoms with E-state index in [9.17, 15) is 9.18 Å². The molecule has 0 saturated heterocycles. The molecule has 0 spiro atoms. The van der Waals surface area contributed by atoms with Crippen LogP contribution in [0.25, 0.3) is 0 Å². The van der Waals surface area contributed by atoms with Gasteiger partial charge in [0.05, 0.1) is 17.3 Å². The van der Waals surface area contributed by atoms with Gasteiger partial charge in [-0.2, -0.15) is 0 Å². The second kappa shape index (κ2) is 6.56. The highest BCUT2D eigenvalue weighted by Gasteiger charge is 2.15. The molecule has 1 aromatic heterocycles. The van der Waals surface area contributed by atoms with Crippen LogP contribution in [-0.2, 0) is 11.3 Å². The minimum Gasteiger partial charge on any atom is -0.481 e. The summed E-state index contributed by atoms with van der Waals surface area (Å²) in [6.07, 6.45) is 0.803. The van der Waals surface area contributed by atoms with E-state index in [1.165, 1.54) is 18.4 Å². The zero-order valence-electron chi connectivity index (χ0n) is 10.7. The van der Waals surface area contributed by atoms with Gasteiger partial charge in [-0.3, -0.25) is 4.79 Å². The fourth-order valence-corrected chi connectivity index (χ4v) is 1.79. The van der Waals surface area contributed by atoms with Crippen LogP contribution in [0.15, 0.2) is 45.5 Å². The van der Waals surface area contributed by atoms with Crippen LogP contribution < -0.4 is 10.1 Å². The lowest BCUT2D eigenvalue weighted by molar-refractivity contribution is -0.127. The summed E-state index contributed by atoms with van der Waals surface area (Å²) in [5.74, 6) is 0.210. The lowest BCUT2D eigenvalue weighted by Crippen LogP contribution is -2.35. The lowest BCUT2D eigenvalue weighted by atomic mass is 10.3. The Morgan fingerprint density at radius 3 is 2.95 bits per heavy atom. The Balaban J connectivity index is 1.88. The molecule has 1 amide bonds. The molecule has 0 aliphatic carbocycles. The van der Waals surface area contributed by atoms with Gasteiger partial charge < -0.3 is 14.5 Å². The van der Waals surface area contributed by atoms with Crippen LogP contribution in [0.5, 0.6) is 5.75 Å². The predicted molar refractivity (Wildman–Crippen MR) is 74.7 cm³/mol. The number of nitrogens with one attached hydrogen (secondary N) is 1. The third-order valence-corrected chi connectivity index (χ3v) is 3.23. The number of ether oxygens (including phenoxy) is 1. The lowest BCUT2D eigenvalue weighted by Gasteiger charge is -2.14. The molecule has 0 aliphatic heterocycles. The third kappa shape index (κ3) is 3.84. The molecule has 1 heterocycles. The molecule has 1 aromatic carbocycles. The Morgan fingerprint density at radius 2 is 2.30 bits per heavy atom. The summed E-state index contributed by atoms with van der Waals surface area (Å²) in [5, 5.41) is 2.67. The number of hydrogen-bond acceptors (Lipinski definition) is 3. The average molecular weight is 342 g/mol. The minimum absolute atomic E-state index is 0.286. The molecule has 0 saturated carbocycles. The number of carbonyl (C=O) groups excluding carboxylic acids is 1. The smallest absolute Gasteiger partial charge is 0.261 e. The molecule has 0 bridgehead atoms. The van der Waals surface area contributed by atoms with Gasteiger partial charge in [-0.15, -0.1) is 0 Å². The number of benzene rings is 1. The maximum absolute atomic E-state index is 13.3. The van der Waals surface area contributed by atoms with E-state index in [1.807, 2.05) is 0 Å². The summed E-state index contributed by atoms with van der Waals surface area (Å²) in [4.78, 5) is 11.8. The van der Waals surface area contributed by atoms with Gasteiger partial charge in [-0.1, -0.05) is 0 Å². The Morgan fingerprint density at radius 1 is 1.50 bits per heavy atom. The van der Waals surface area contributed by atoms with E-state index in [-0.39, 0.29) is 12.5 Å². The predicted octanol–water partition coefficient (Wildman–Crippen LogP) is 3.26. The summed E-state index contributed by atoms with van der Waals surface area (Å²) in [6.45, 7) is 1.88. The number of hydrogen-bond donors (Lipinski definition) is 1. The first-order valence-corrected chi connectivity index (χ1v) is 6.77. The maximum Gasteiger partial charge on any atom is 0.261 e. The molecule has 1 unspecified atom stereocenters. The number of furan rings is 1. The molecule has 0 fully saturated rings. The van der Waals surface area contributed by atoms with Crippen molar-refractivity contribution in [2.24, 2.45) is 0 Å². The number of halogens is 2. The van der Waals surface area contributed by atoms with Crippen LogP contribution in [0.1, 0.15) is 12.7 Å². The average Bonchev–Trinajstić information content (AvgIpc) is 2.93. The molecule has 1 atom stereocenters. The van der Waals surface area contributed by atoms with Crippen LogP contribution in [0.3, 0.4) is 0 Å². The van der Waals surface area contributed by atoms with Gasteiger partial charge in [0.2, 0.25) is 0 Å². The van der Waals surface area contributed by atoms with Crippen molar-refractivity contribution in [3.05, 3.63) is 52.6 Å². The Hall–Kier alpha value is -1.82. The Kier molecular flexibility index (Phi) is 4.79. The van der Waals surface area contributed by atoms with Crippen molar-refractivity contribution in [1.82, 2.24) is 5.32 Å². The first-order chi connectivity index (χ1) is 9.56. The quantitative estimate of drug-likeness (QED) is 0.907. The van der Waals surface area contributed by atoms with E-state index in [0.29, 0.717) is 16.0 Å². The van der Waals surface area contributed by atoms with Crippen molar-refractivity contribution in [2.45, 2.75) is 19.6 Å². The van der Waals surface area contributed by atoms with Crippen LogP contribution in [-0.4, -0.2) is 12.0 Å². The van der Waals surface area contributed by atoms with E-state index in [0.717, 1.165) is 0 Å². The van der Waals surface area contributed by atoms with Gasteiger partial charge in [-0.25, -0.2) is 4.39 Å². The highest BCUT2D eigenvalue weighted by molar-refractivity contribution is 9.10. The van der Waals surface area contributed by atoms with Crippen molar-refractivity contribution < 1.29 is 18.3 Å². The van der Waals surface area contributed by atoms with Crippen molar-refractivity contribution in [1.29, 1.82) is 0 Å². The topological polar surface area (TPSA) is 51.5 Å². The van der Waals surface area contributed by atoms with E-state index in [1.54, 1.807) is 25.1 Å². The SMILES string of the molecule is CC(Oc1ccc(Br)c(F)c1)C(=O)NCc1ccco1. The summed E-state index contributed by atoms with van der Waals surface area (Å²) < 4.78 is 24.2. The van der Waals surface area contributed by atoms with Gasteiger partial charge in [0, 0.05) is 6.07 Å². The first-order valence-electron chi connectivity index (χ1n) is 5.98. The normalized spacial score (nSPS) is 11.9. The minimum atomic E-state index is -0.731. The number of amides is 1. The highest BCUT2D eigenvalue weighted by atomic mass is 79.9. The summed E-state index contributed by atoms with van der Waals surface area (Å²) in [6, 6.07) is 7.84. The highest BCUT2D eigenvalue weighted by Crippen LogP contribution is 2.21. The van der Waals surface area contributed by atoms with E-state index >= 15 is 0 Å². The second-order valence-corrected chi connectivity index (χ2v) is 4.99. The van der Waals surface area contributed by atoms with Crippen LogP contribution in [0, 0.1) is 5.82 Å². The van der Waals surface area contributed by atoms with E-state index in [2.05, 4.69) is 21.2 Å². The van der Waals surface area contributed by atoms with Gasteiger partial charge in [0.25, 0.3) is 5.91 Å². The van der Waals surface area contributed by atoms with Gasteiger partial charge >= 0.3 is 0 Å². The standard InChI is InChI=1S/C14H13BrFNO3/c1-9(14(18)17-8-11-3-2-6-19-11)20-10-4-5-12(15)13(16)7-10/h2-7,9H,8H2,1H3,(H,17,18). The van der Waals surface area contributed by atoms with Crippen LogP contribution in [0.2, 0.25) is 0 Å². The molecular weight excluding hydrogens is 329 g/mol. The monoisotopic (exact) mass is 341 g/mol. The summed E-state index contributed by atoms with van der Waals surface area (Å²) in [7, 11) is 0. The summed E-state index contributed by atoms with van der Waals surface area (Å²) in [5.41, 5.74) is 0. The largest absolute Gasteiger partial charge is 0.481 e. The fraction of sp³-hybridized carbons (Fsp3) is 0.214. The van der Waals surface area contributed by atoms with Crippen molar-refractivity contribution in [3.8, 4) is 5.75 Å². The molecule has 20 heavy (non-hydrogen) atoms. The number of rotatable bonds is 5. The van der Waals surface area contributed by atoms with E-state index in [4.69, 9.17) is 9.15 Å². The van der Waals surface area contributed by atoms with Crippen LogP contribution in [0.4, 0.5) is 4.39 Å². The molecule has 106 valence electrons. The zero-order valence-corrected chi connectivity index (χ0v) is 12.3. The zero-order chi connectivity index (χ0) is 14.5. The molecular formula is C14H13BrFNO3. The van der Waals surface area contributed by atoms with Gasteiger partial charge in [-0.05, 0) is 47.1 Å². The molecule has 6 heteroatoms. The van der Waals surface area contributed by atoms with E-state index < -0.39 is 11.9 Å². The molecule has 1 N–H and O–H groups in total. The van der Waals surface area contributed by atoms with Crippen molar-refractivity contribution in [3.63, 3.8) is 0 Å². The fourth-order valence-electron chi connectivity index (χ4n) is 1.54. The molecule has 2 aromatic rings. The summed E-state index contributed by atoms with van der Waals surface area (Å²) >= 11 is 3.05.